The summed E-state index contributed by atoms with van der Waals surface area (Å²) >= 11 is 0. The molecule has 0 radical (unpaired) electrons. The Morgan fingerprint density at radius 2 is 2.14 bits per heavy atom. The second-order valence-electron chi connectivity index (χ2n) is 2.65. The molecule has 0 aliphatic heterocycles. The predicted octanol–water partition coefficient (Wildman–Crippen LogP) is 0.892. The molecule has 0 aliphatic carbocycles. The Kier molecular flexibility index (Phi) is 3.78. The molecular formula is C8H10FN3O2. The van der Waals surface area contributed by atoms with Crippen molar-refractivity contribution in [2.45, 2.75) is 12.8 Å². The van der Waals surface area contributed by atoms with Crippen LogP contribution in [0.5, 0.6) is 0 Å². The SMILES string of the molecule is O=C(O)CCCNc1ncc(F)cn1. The highest BCUT2D eigenvalue weighted by Gasteiger charge is 1.98. The molecular weight excluding hydrogens is 189 g/mol. The van der Waals surface area contributed by atoms with E-state index in [0.717, 1.165) is 12.4 Å². The van der Waals surface area contributed by atoms with Gasteiger partial charge < -0.3 is 10.4 Å². The van der Waals surface area contributed by atoms with E-state index in [1.54, 1.807) is 0 Å². The van der Waals surface area contributed by atoms with E-state index in [0.29, 0.717) is 18.9 Å². The molecule has 1 heterocycles. The average Bonchev–Trinajstić information content (AvgIpc) is 2.15. The lowest BCUT2D eigenvalue weighted by Crippen LogP contribution is -2.07. The number of hydrogen-bond donors (Lipinski definition) is 2. The summed E-state index contributed by atoms with van der Waals surface area (Å²) in [4.78, 5) is 17.4. The highest BCUT2D eigenvalue weighted by molar-refractivity contribution is 5.66. The first-order valence-electron chi connectivity index (χ1n) is 4.11. The minimum atomic E-state index is -0.841. The Labute approximate surface area is 80.0 Å². The molecule has 1 rings (SSSR count). The van der Waals surface area contributed by atoms with Gasteiger partial charge in [-0.3, -0.25) is 4.79 Å². The van der Waals surface area contributed by atoms with Gasteiger partial charge in [0.1, 0.15) is 0 Å². The monoisotopic (exact) mass is 199 g/mol. The van der Waals surface area contributed by atoms with Crippen molar-refractivity contribution in [1.82, 2.24) is 9.97 Å². The minimum Gasteiger partial charge on any atom is -0.481 e. The average molecular weight is 199 g/mol. The van der Waals surface area contributed by atoms with Gasteiger partial charge in [0.25, 0.3) is 0 Å². The van der Waals surface area contributed by atoms with E-state index >= 15 is 0 Å². The second kappa shape index (κ2) is 5.11. The van der Waals surface area contributed by atoms with Crippen LogP contribution in [0.4, 0.5) is 10.3 Å². The van der Waals surface area contributed by atoms with Crippen LogP contribution in [-0.4, -0.2) is 27.6 Å². The van der Waals surface area contributed by atoms with Crippen molar-refractivity contribution in [3.63, 3.8) is 0 Å². The third-order valence-electron chi connectivity index (χ3n) is 1.47. The van der Waals surface area contributed by atoms with Crippen molar-refractivity contribution in [2.75, 3.05) is 11.9 Å². The van der Waals surface area contributed by atoms with Crippen LogP contribution in [0.1, 0.15) is 12.8 Å². The summed E-state index contributed by atoms with van der Waals surface area (Å²) in [5.74, 6) is -1.04. The zero-order valence-corrected chi connectivity index (χ0v) is 7.40. The number of carboxylic acid groups (broad SMARTS) is 1. The molecule has 14 heavy (non-hydrogen) atoms. The molecule has 6 heteroatoms. The van der Waals surface area contributed by atoms with E-state index in [2.05, 4.69) is 15.3 Å². The number of nitrogens with zero attached hydrogens (tertiary/aromatic N) is 2. The van der Waals surface area contributed by atoms with Crippen LogP contribution in [-0.2, 0) is 4.79 Å². The lowest BCUT2D eigenvalue weighted by Gasteiger charge is -2.01. The molecule has 0 unspecified atom stereocenters. The van der Waals surface area contributed by atoms with E-state index in [9.17, 15) is 9.18 Å². The summed E-state index contributed by atoms with van der Waals surface area (Å²) in [6.07, 6.45) is 2.67. The number of aromatic nitrogens is 2. The number of nitrogens with one attached hydrogen (secondary N) is 1. The first-order chi connectivity index (χ1) is 6.68. The van der Waals surface area contributed by atoms with Crippen LogP contribution >= 0.6 is 0 Å². The summed E-state index contributed by atoms with van der Waals surface area (Å²) in [5, 5.41) is 11.1. The smallest absolute Gasteiger partial charge is 0.303 e. The summed E-state index contributed by atoms with van der Waals surface area (Å²) in [5.41, 5.74) is 0. The fraction of sp³-hybridized carbons (Fsp3) is 0.375. The van der Waals surface area contributed by atoms with Crippen LogP contribution in [0.15, 0.2) is 12.4 Å². The third-order valence-corrected chi connectivity index (χ3v) is 1.47. The zero-order valence-electron chi connectivity index (χ0n) is 7.40. The van der Waals surface area contributed by atoms with Crippen LogP contribution in [0.2, 0.25) is 0 Å². The third kappa shape index (κ3) is 3.79. The van der Waals surface area contributed by atoms with Crippen molar-refractivity contribution in [1.29, 1.82) is 0 Å². The van der Waals surface area contributed by atoms with Crippen molar-refractivity contribution >= 4 is 11.9 Å². The number of carbonyl (C=O) groups is 1. The highest BCUT2D eigenvalue weighted by atomic mass is 19.1. The Hall–Kier alpha value is -1.72. The summed E-state index contributed by atoms with van der Waals surface area (Å²) < 4.78 is 12.4. The number of halogens is 1. The maximum Gasteiger partial charge on any atom is 0.303 e. The zero-order chi connectivity index (χ0) is 10.4. The molecule has 0 spiro atoms. The molecule has 2 N–H and O–H groups in total. The number of rotatable bonds is 5. The van der Waals surface area contributed by atoms with Gasteiger partial charge in [0.2, 0.25) is 5.95 Å². The lowest BCUT2D eigenvalue weighted by atomic mass is 10.3. The van der Waals surface area contributed by atoms with E-state index in [1.165, 1.54) is 0 Å². The van der Waals surface area contributed by atoms with E-state index in [4.69, 9.17) is 5.11 Å². The van der Waals surface area contributed by atoms with E-state index < -0.39 is 11.8 Å². The maximum absolute atomic E-state index is 12.4. The van der Waals surface area contributed by atoms with Crippen molar-refractivity contribution in [3.05, 3.63) is 18.2 Å². The lowest BCUT2D eigenvalue weighted by molar-refractivity contribution is -0.137. The summed E-state index contributed by atoms with van der Waals surface area (Å²) in [6, 6.07) is 0. The summed E-state index contributed by atoms with van der Waals surface area (Å²) in [6.45, 7) is 0.456. The van der Waals surface area contributed by atoms with Crippen LogP contribution in [0, 0.1) is 5.82 Å². The molecule has 0 aromatic carbocycles. The first-order valence-corrected chi connectivity index (χ1v) is 4.11. The molecule has 0 aliphatic rings. The molecule has 1 aromatic heterocycles. The first kappa shape index (κ1) is 10.4. The van der Waals surface area contributed by atoms with Gasteiger partial charge in [-0.2, -0.15) is 0 Å². The molecule has 5 nitrogen and oxygen atoms in total. The molecule has 0 bridgehead atoms. The van der Waals surface area contributed by atoms with Gasteiger partial charge in [-0.05, 0) is 6.42 Å². The van der Waals surface area contributed by atoms with Crippen molar-refractivity contribution in [3.8, 4) is 0 Å². The Morgan fingerprint density at radius 3 is 2.71 bits per heavy atom. The quantitative estimate of drug-likeness (QED) is 0.689. The number of hydrogen-bond acceptors (Lipinski definition) is 4. The molecule has 0 amide bonds. The van der Waals surface area contributed by atoms with Crippen molar-refractivity contribution < 1.29 is 14.3 Å². The van der Waals surface area contributed by atoms with Crippen LogP contribution < -0.4 is 5.32 Å². The fourth-order valence-corrected chi connectivity index (χ4v) is 0.843. The van der Waals surface area contributed by atoms with Gasteiger partial charge in [-0.15, -0.1) is 0 Å². The number of aliphatic carboxylic acids is 1. The van der Waals surface area contributed by atoms with Crippen LogP contribution in [0.25, 0.3) is 0 Å². The molecule has 0 fully saturated rings. The molecule has 0 atom stereocenters. The molecule has 1 aromatic rings. The number of anilines is 1. The van der Waals surface area contributed by atoms with Gasteiger partial charge in [0.05, 0.1) is 12.4 Å². The number of carboxylic acids is 1. The molecule has 76 valence electrons. The minimum absolute atomic E-state index is 0.0915. The summed E-state index contributed by atoms with van der Waals surface area (Å²) in [7, 11) is 0. The van der Waals surface area contributed by atoms with Crippen molar-refractivity contribution in [2.24, 2.45) is 0 Å². The largest absolute Gasteiger partial charge is 0.481 e. The van der Waals surface area contributed by atoms with E-state index in [-0.39, 0.29) is 6.42 Å². The fourth-order valence-electron chi connectivity index (χ4n) is 0.843. The highest BCUT2D eigenvalue weighted by Crippen LogP contribution is 1.98. The predicted molar refractivity (Wildman–Crippen MR) is 47.3 cm³/mol. The van der Waals surface area contributed by atoms with Gasteiger partial charge in [-0.25, -0.2) is 14.4 Å². The Balaban J connectivity index is 2.25. The Bertz CT molecular complexity index is 302. The van der Waals surface area contributed by atoms with Crippen LogP contribution in [0.3, 0.4) is 0 Å². The van der Waals surface area contributed by atoms with Gasteiger partial charge in [0.15, 0.2) is 5.82 Å². The van der Waals surface area contributed by atoms with Gasteiger partial charge in [-0.1, -0.05) is 0 Å². The maximum atomic E-state index is 12.4. The van der Waals surface area contributed by atoms with Gasteiger partial charge in [0, 0.05) is 13.0 Å². The second-order valence-corrected chi connectivity index (χ2v) is 2.65. The molecule has 0 saturated carbocycles. The topological polar surface area (TPSA) is 75.1 Å². The standard InChI is InChI=1S/C8H10FN3O2/c9-6-4-11-8(12-5-6)10-3-1-2-7(13)14/h4-5H,1-3H2,(H,13,14)(H,10,11,12). The Morgan fingerprint density at radius 1 is 1.50 bits per heavy atom. The normalized spacial score (nSPS) is 9.79. The van der Waals surface area contributed by atoms with Gasteiger partial charge >= 0.3 is 5.97 Å². The van der Waals surface area contributed by atoms with E-state index in [1.807, 2.05) is 0 Å². The molecule has 0 saturated heterocycles.